The predicted octanol–water partition coefficient (Wildman–Crippen LogP) is 3.37. The van der Waals surface area contributed by atoms with Crippen molar-refractivity contribution in [1.82, 2.24) is 15.0 Å². The van der Waals surface area contributed by atoms with Gasteiger partial charge in [-0.25, -0.2) is 0 Å². The highest BCUT2D eigenvalue weighted by Gasteiger charge is 2.51. The van der Waals surface area contributed by atoms with E-state index < -0.39 is 11.5 Å². The van der Waals surface area contributed by atoms with Gasteiger partial charge in [-0.15, -0.1) is 5.10 Å². The van der Waals surface area contributed by atoms with Gasteiger partial charge in [-0.2, -0.15) is 0 Å². The number of anilines is 2. The van der Waals surface area contributed by atoms with Gasteiger partial charge in [0, 0.05) is 49.9 Å². The van der Waals surface area contributed by atoms with Crippen LogP contribution in [-0.2, 0) is 21.7 Å². The minimum absolute atomic E-state index is 0.0592. The molecule has 3 aromatic rings. The summed E-state index contributed by atoms with van der Waals surface area (Å²) in [6, 6.07) is 15.2. The van der Waals surface area contributed by atoms with Gasteiger partial charge in [0.2, 0.25) is 5.91 Å². The van der Waals surface area contributed by atoms with E-state index in [0.29, 0.717) is 42.9 Å². The predicted molar refractivity (Wildman–Crippen MR) is 148 cm³/mol. The Labute approximate surface area is 228 Å². The summed E-state index contributed by atoms with van der Waals surface area (Å²) in [5.74, 6) is -1.04. The number of allylic oxidation sites excluding steroid dienone is 1. The van der Waals surface area contributed by atoms with Crippen LogP contribution in [0.25, 0.3) is 0 Å². The molecular weight excluding hydrogens is 494 g/mol. The lowest BCUT2D eigenvalue weighted by molar-refractivity contribution is -0.139. The van der Waals surface area contributed by atoms with Crippen molar-refractivity contribution in [2.24, 2.45) is 5.92 Å². The summed E-state index contributed by atoms with van der Waals surface area (Å²) < 4.78 is 1.73. The fraction of sp³-hybridized carbons (Fsp3) is 0.400. The SMILES string of the molecule is C[C@H](/C=C/CCn1cc(C(CO)c2ccccc2)nn1)[C@@]1(O)C(=O)N(C)c2ccc(N3CCCCC3=O)cc21. The lowest BCUT2D eigenvalue weighted by atomic mass is 9.82. The van der Waals surface area contributed by atoms with Gasteiger partial charge in [0.1, 0.15) is 0 Å². The number of rotatable bonds is 9. The minimum Gasteiger partial charge on any atom is -0.395 e. The van der Waals surface area contributed by atoms with Crippen LogP contribution in [0.4, 0.5) is 11.4 Å². The van der Waals surface area contributed by atoms with E-state index in [1.54, 1.807) is 22.7 Å². The summed E-state index contributed by atoms with van der Waals surface area (Å²) in [4.78, 5) is 29.0. The van der Waals surface area contributed by atoms with Crippen LogP contribution < -0.4 is 9.80 Å². The summed E-state index contributed by atoms with van der Waals surface area (Å²) in [6.45, 7) is 2.97. The van der Waals surface area contributed by atoms with Crippen LogP contribution in [0.1, 0.15) is 55.3 Å². The van der Waals surface area contributed by atoms with Crippen molar-refractivity contribution in [2.75, 3.05) is 30.0 Å². The van der Waals surface area contributed by atoms with E-state index in [2.05, 4.69) is 10.3 Å². The van der Waals surface area contributed by atoms with Crippen LogP contribution in [0.2, 0.25) is 0 Å². The average Bonchev–Trinajstić information content (AvgIpc) is 3.50. The molecule has 3 atom stereocenters. The molecule has 3 heterocycles. The molecule has 0 aliphatic carbocycles. The number of amides is 2. The molecule has 2 aliphatic rings. The molecule has 0 saturated carbocycles. The van der Waals surface area contributed by atoms with Crippen LogP contribution in [-0.4, -0.2) is 57.2 Å². The van der Waals surface area contributed by atoms with Gasteiger partial charge in [0.25, 0.3) is 5.91 Å². The standard InChI is InChI=1S/C30H35N5O4/c1-21(10-6-8-16-34-19-26(31-32-34)24(20-36)22-11-4-3-5-12-22)30(39)25-18-23(35-17-9-7-13-28(35)37)14-15-27(25)33(2)29(30)38/h3-6,10-12,14-15,18-19,21,24,36,39H,7-9,13,16-17,20H2,1-2H3/b10-6+/t21-,24?,30+/m1/s1. The maximum absolute atomic E-state index is 13.3. The zero-order valence-electron chi connectivity index (χ0n) is 22.4. The number of aromatic nitrogens is 3. The lowest BCUT2D eigenvalue weighted by Gasteiger charge is -2.29. The number of aliphatic hydroxyl groups is 2. The number of aryl methyl sites for hydroxylation is 1. The van der Waals surface area contributed by atoms with Gasteiger partial charge < -0.3 is 20.0 Å². The number of likely N-dealkylation sites (N-methyl/N-ethyl adjacent to an activating group) is 1. The summed E-state index contributed by atoms with van der Waals surface area (Å²) in [5, 5.41) is 30.1. The fourth-order valence-electron chi connectivity index (χ4n) is 5.57. The van der Waals surface area contributed by atoms with E-state index in [1.807, 2.05) is 67.7 Å². The Morgan fingerprint density at radius 3 is 2.67 bits per heavy atom. The number of benzene rings is 2. The summed E-state index contributed by atoms with van der Waals surface area (Å²) in [6.07, 6.45) is 8.60. The Balaban J connectivity index is 1.28. The molecular formula is C30H35N5O4. The number of carbonyl (C=O) groups is 2. The van der Waals surface area contributed by atoms with Gasteiger partial charge >= 0.3 is 0 Å². The van der Waals surface area contributed by atoms with Crippen molar-refractivity contribution >= 4 is 23.2 Å². The van der Waals surface area contributed by atoms with Crippen molar-refractivity contribution in [3.8, 4) is 0 Å². The van der Waals surface area contributed by atoms with Crippen molar-refractivity contribution in [1.29, 1.82) is 0 Å². The van der Waals surface area contributed by atoms with Crippen LogP contribution in [0.3, 0.4) is 0 Å². The smallest absolute Gasteiger partial charge is 0.264 e. The molecule has 5 rings (SSSR count). The Bertz CT molecular complexity index is 1370. The Hall–Kier alpha value is -3.82. The third kappa shape index (κ3) is 4.99. The number of hydrogen-bond acceptors (Lipinski definition) is 6. The molecule has 1 unspecified atom stereocenters. The molecule has 1 aromatic heterocycles. The topological polar surface area (TPSA) is 112 Å². The molecule has 2 aliphatic heterocycles. The van der Waals surface area contributed by atoms with Crippen molar-refractivity contribution in [2.45, 2.75) is 50.7 Å². The Morgan fingerprint density at radius 2 is 1.92 bits per heavy atom. The van der Waals surface area contributed by atoms with Gasteiger partial charge in [-0.1, -0.05) is 54.6 Å². The molecule has 0 radical (unpaired) electrons. The monoisotopic (exact) mass is 529 g/mol. The normalized spacial score (nSPS) is 21.0. The lowest BCUT2D eigenvalue weighted by Crippen LogP contribution is -2.43. The summed E-state index contributed by atoms with van der Waals surface area (Å²) in [7, 11) is 1.67. The third-order valence-corrected chi connectivity index (χ3v) is 7.92. The largest absolute Gasteiger partial charge is 0.395 e. The third-order valence-electron chi connectivity index (χ3n) is 7.92. The number of hydrogen-bond donors (Lipinski definition) is 2. The second kappa shape index (κ2) is 11.1. The number of aliphatic hydroxyl groups excluding tert-OH is 1. The number of piperidine rings is 1. The van der Waals surface area contributed by atoms with Crippen LogP contribution in [0, 0.1) is 5.92 Å². The van der Waals surface area contributed by atoms with E-state index in [1.165, 1.54) is 4.90 Å². The van der Waals surface area contributed by atoms with Gasteiger partial charge in [0.15, 0.2) is 5.60 Å². The Morgan fingerprint density at radius 1 is 1.13 bits per heavy atom. The van der Waals surface area contributed by atoms with E-state index in [-0.39, 0.29) is 24.3 Å². The molecule has 0 spiro atoms. The molecule has 9 nitrogen and oxygen atoms in total. The first-order chi connectivity index (χ1) is 18.8. The van der Waals surface area contributed by atoms with Crippen molar-refractivity contribution in [3.63, 3.8) is 0 Å². The maximum Gasteiger partial charge on any atom is 0.264 e. The van der Waals surface area contributed by atoms with Gasteiger partial charge in [-0.05, 0) is 43.0 Å². The van der Waals surface area contributed by atoms with Crippen LogP contribution >= 0.6 is 0 Å². The van der Waals surface area contributed by atoms with Crippen LogP contribution in [0.15, 0.2) is 66.9 Å². The molecule has 1 saturated heterocycles. The Kier molecular flexibility index (Phi) is 7.63. The quantitative estimate of drug-likeness (QED) is 0.411. The van der Waals surface area contributed by atoms with E-state index in [4.69, 9.17) is 0 Å². The highest BCUT2D eigenvalue weighted by molar-refractivity contribution is 6.07. The molecule has 0 bridgehead atoms. The van der Waals surface area contributed by atoms with Crippen molar-refractivity contribution < 1.29 is 19.8 Å². The second-order valence-corrected chi connectivity index (χ2v) is 10.4. The first-order valence-corrected chi connectivity index (χ1v) is 13.5. The molecule has 1 fully saturated rings. The highest BCUT2D eigenvalue weighted by Crippen LogP contribution is 2.46. The fourth-order valence-corrected chi connectivity index (χ4v) is 5.57. The van der Waals surface area contributed by atoms with Gasteiger partial charge in [0.05, 0.1) is 23.9 Å². The first kappa shape index (κ1) is 26.8. The maximum atomic E-state index is 13.3. The first-order valence-electron chi connectivity index (χ1n) is 13.5. The zero-order valence-corrected chi connectivity index (χ0v) is 22.4. The summed E-state index contributed by atoms with van der Waals surface area (Å²) >= 11 is 0. The average molecular weight is 530 g/mol. The van der Waals surface area contributed by atoms with Crippen LogP contribution in [0.5, 0.6) is 0 Å². The number of nitrogens with zero attached hydrogens (tertiary/aromatic N) is 5. The number of carbonyl (C=O) groups excluding carboxylic acids is 2. The molecule has 204 valence electrons. The molecule has 39 heavy (non-hydrogen) atoms. The van der Waals surface area contributed by atoms with E-state index in [9.17, 15) is 19.8 Å². The van der Waals surface area contributed by atoms with E-state index in [0.717, 1.165) is 24.1 Å². The minimum atomic E-state index is -1.72. The molecule has 2 amide bonds. The summed E-state index contributed by atoms with van der Waals surface area (Å²) in [5.41, 5.74) is 1.86. The second-order valence-electron chi connectivity index (χ2n) is 10.4. The highest BCUT2D eigenvalue weighted by atomic mass is 16.3. The molecule has 2 aromatic carbocycles. The number of fused-ring (bicyclic) bond motifs is 1. The molecule has 9 heteroatoms. The van der Waals surface area contributed by atoms with E-state index >= 15 is 0 Å². The van der Waals surface area contributed by atoms with Gasteiger partial charge in [-0.3, -0.25) is 14.3 Å². The zero-order chi connectivity index (χ0) is 27.6. The van der Waals surface area contributed by atoms with Crippen molar-refractivity contribution in [3.05, 3.63) is 83.7 Å². The molecule has 2 N–H and O–H groups in total.